The highest BCUT2D eigenvalue weighted by molar-refractivity contribution is 6.33. The lowest BCUT2D eigenvalue weighted by atomic mass is 9.92. The van der Waals surface area contributed by atoms with E-state index in [-0.39, 0.29) is 5.91 Å². The Hall–Kier alpha value is -1.26. The molecule has 0 spiro atoms. The first-order chi connectivity index (χ1) is 10.0. The van der Waals surface area contributed by atoms with Crippen molar-refractivity contribution in [3.63, 3.8) is 0 Å². The quantitative estimate of drug-likeness (QED) is 0.926. The van der Waals surface area contributed by atoms with E-state index in [4.69, 9.17) is 16.3 Å². The average molecular weight is 311 g/mol. The second-order valence-corrected chi connectivity index (χ2v) is 6.17. The third-order valence-electron chi connectivity index (χ3n) is 3.94. The van der Waals surface area contributed by atoms with Gasteiger partial charge in [0.1, 0.15) is 0 Å². The van der Waals surface area contributed by atoms with Crippen LogP contribution in [-0.4, -0.2) is 44.2 Å². The van der Waals surface area contributed by atoms with Crippen molar-refractivity contribution >= 4 is 23.2 Å². The number of ether oxygens (including phenoxy) is 1. The fourth-order valence-electron chi connectivity index (χ4n) is 2.74. The van der Waals surface area contributed by atoms with Crippen LogP contribution in [0.15, 0.2) is 18.2 Å². The number of rotatable bonds is 4. The van der Waals surface area contributed by atoms with Crippen LogP contribution >= 0.6 is 11.6 Å². The van der Waals surface area contributed by atoms with E-state index < -0.39 is 0 Å². The van der Waals surface area contributed by atoms with Crippen LogP contribution in [0.1, 0.15) is 36.0 Å². The maximum Gasteiger partial charge on any atom is 0.253 e. The molecule has 0 heterocycles. The molecule has 1 aliphatic rings. The van der Waals surface area contributed by atoms with E-state index in [2.05, 4.69) is 5.32 Å². The molecule has 0 aliphatic heterocycles. The van der Waals surface area contributed by atoms with Gasteiger partial charge in [0.2, 0.25) is 0 Å². The van der Waals surface area contributed by atoms with Crippen LogP contribution in [0.5, 0.6) is 0 Å². The first kappa shape index (κ1) is 16.1. The van der Waals surface area contributed by atoms with Gasteiger partial charge >= 0.3 is 0 Å². The molecule has 1 saturated carbocycles. The summed E-state index contributed by atoms with van der Waals surface area (Å²) in [5.41, 5.74) is 1.47. The first-order valence-corrected chi connectivity index (χ1v) is 7.69. The molecule has 2 rings (SSSR count). The SMILES string of the molecule is COC1CCCC(Nc2cc(C(=O)N(C)C)ccc2Cl)C1. The van der Waals surface area contributed by atoms with Gasteiger partial charge in [-0.25, -0.2) is 0 Å². The predicted molar refractivity (Wildman–Crippen MR) is 86.1 cm³/mol. The van der Waals surface area contributed by atoms with Gasteiger partial charge in [-0.2, -0.15) is 0 Å². The van der Waals surface area contributed by atoms with Gasteiger partial charge in [-0.05, 0) is 43.9 Å². The second kappa shape index (κ2) is 7.14. The molecule has 1 aromatic rings. The van der Waals surface area contributed by atoms with E-state index in [0.29, 0.717) is 22.7 Å². The van der Waals surface area contributed by atoms with Crippen LogP contribution in [0.25, 0.3) is 0 Å². The number of carbonyl (C=O) groups is 1. The number of halogens is 1. The third-order valence-corrected chi connectivity index (χ3v) is 4.27. The molecule has 0 radical (unpaired) electrons. The first-order valence-electron chi connectivity index (χ1n) is 7.31. The van der Waals surface area contributed by atoms with Gasteiger partial charge in [0.05, 0.1) is 16.8 Å². The van der Waals surface area contributed by atoms with Crippen LogP contribution in [0.3, 0.4) is 0 Å². The van der Waals surface area contributed by atoms with Gasteiger partial charge in [-0.15, -0.1) is 0 Å². The smallest absolute Gasteiger partial charge is 0.253 e. The summed E-state index contributed by atoms with van der Waals surface area (Å²) in [5.74, 6) is -0.0203. The maximum atomic E-state index is 12.0. The Morgan fingerprint density at radius 1 is 1.38 bits per heavy atom. The van der Waals surface area contributed by atoms with Crippen molar-refractivity contribution in [1.82, 2.24) is 4.90 Å². The Balaban J connectivity index is 2.12. The molecule has 4 nitrogen and oxygen atoms in total. The lowest BCUT2D eigenvalue weighted by Gasteiger charge is -2.30. The molecule has 2 unspecified atom stereocenters. The summed E-state index contributed by atoms with van der Waals surface area (Å²) in [4.78, 5) is 13.6. The van der Waals surface area contributed by atoms with Crippen molar-refractivity contribution in [2.45, 2.75) is 37.8 Å². The minimum Gasteiger partial charge on any atom is -0.381 e. The molecule has 21 heavy (non-hydrogen) atoms. The van der Waals surface area contributed by atoms with E-state index in [1.165, 1.54) is 0 Å². The zero-order valence-corrected chi connectivity index (χ0v) is 13.6. The lowest BCUT2D eigenvalue weighted by Crippen LogP contribution is -2.31. The minimum atomic E-state index is -0.0203. The molecule has 0 aromatic heterocycles. The summed E-state index contributed by atoms with van der Waals surface area (Å²) in [6.07, 6.45) is 4.63. The van der Waals surface area contributed by atoms with Crippen LogP contribution in [-0.2, 0) is 4.74 Å². The summed E-state index contributed by atoms with van der Waals surface area (Å²) >= 11 is 6.25. The van der Waals surface area contributed by atoms with Gasteiger partial charge < -0.3 is 15.0 Å². The van der Waals surface area contributed by atoms with Crippen LogP contribution in [0.4, 0.5) is 5.69 Å². The van der Waals surface area contributed by atoms with Gasteiger partial charge in [0, 0.05) is 32.8 Å². The van der Waals surface area contributed by atoms with Crippen molar-refractivity contribution in [2.75, 3.05) is 26.5 Å². The number of nitrogens with one attached hydrogen (secondary N) is 1. The molecule has 116 valence electrons. The largest absolute Gasteiger partial charge is 0.381 e. The number of hydrogen-bond acceptors (Lipinski definition) is 3. The highest BCUT2D eigenvalue weighted by atomic mass is 35.5. The van der Waals surface area contributed by atoms with Gasteiger partial charge in [0.15, 0.2) is 0 Å². The molecule has 1 amide bonds. The number of hydrogen-bond donors (Lipinski definition) is 1. The normalized spacial score (nSPS) is 21.9. The topological polar surface area (TPSA) is 41.6 Å². The van der Waals surface area contributed by atoms with Crippen LogP contribution in [0.2, 0.25) is 5.02 Å². The molecule has 1 N–H and O–H groups in total. The Morgan fingerprint density at radius 3 is 2.81 bits per heavy atom. The molecule has 1 aromatic carbocycles. The zero-order valence-electron chi connectivity index (χ0n) is 12.9. The van der Waals surface area contributed by atoms with Gasteiger partial charge in [0.25, 0.3) is 5.91 Å². The van der Waals surface area contributed by atoms with E-state index in [0.717, 1.165) is 31.4 Å². The Kier molecular flexibility index (Phi) is 5.48. The summed E-state index contributed by atoms with van der Waals surface area (Å²) in [5, 5.41) is 4.11. The van der Waals surface area contributed by atoms with Crippen molar-refractivity contribution in [3.05, 3.63) is 28.8 Å². The molecule has 1 aliphatic carbocycles. The maximum absolute atomic E-state index is 12.0. The highest BCUT2D eigenvalue weighted by Crippen LogP contribution is 2.28. The van der Waals surface area contributed by atoms with Crippen molar-refractivity contribution in [2.24, 2.45) is 0 Å². The second-order valence-electron chi connectivity index (χ2n) is 5.76. The van der Waals surface area contributed by atoms with Crippen molar-refractivity contribution in [1.29, 1.82) is 0 Å². The average Bonchev–Trinajstić information content (AvgIpc) is 2.49. The Labute approximate surface area is 131 Å². The van der Waals surface area contributed by atoms with Crippen molar-refractivity contribution < 1.29 is 9.53 Å². The molecule has 0 bridgehead atoms. The lowest BCUT2D eigenvalue weighted by molar-refractivity contribution is 0.0669. The number of methoxy groups -OCH3 is 1. The summed E-state index contributed by atoms with van der Waals surface area (Å²) in [6, 6.07) is 5.71. The number of amides is 1. The summed E-state index contributed by atoms with van der Waals surface area (Å²) < 4.78 is 5.45. The number of carbonyl (C=O) groups excluding carboxylic acids is 1. The minimum absolute atomic E-state index is 0.0203. The van der Waals surface area contributed by atoms with E-state index >= 15 is 0 Å². The fourth-order valence-corrected chi connectivity index (χ4v) is 2.91. The Morgan fingerprint density at radius 2 is 2.14 bits per heavy atom. The highest BCUT2D eigenvalue weighted by Gasteiger charge is 2.22. The molecule has 5 heteroatoms. The van der Waals surface area contributed by atoms with Gasteiger partial charge in [-0.3, -0.25) is 4.79 Å². The monoisotopic (exact) mass is 310 g/mol. The number of anilines is 1. The van der Waals surface area contributed by atoms with E-state index in [1.54, 1.807) is 38.2 Å². The number of benzene rings is 1. The molecular formula is C16H23ClN2O2. The number of nitrogens with zero attached hydrogens (tertiary/aromatic N) is 1. The summed E-state index contributed by atoms with van der Waals surface area (Å²) in [6.45, 7) is 0. The molecule has 0 saturated heterocycles. The summed E-state index contributed by atoms with van der Waals surface area (Å²) in [7, 11) is 5.25. The van der Waals surface area contributed by atoms with Crippen molar-refractivity contribution in [3.8, 4) is 0 Å². The van der Waals surface area contributed by atoms with Gasteiger partial charge in [-0.1, -0.05) is 11.6 Å². The van der Waals surface area contributed by atoms with E-state index in [9.17, 15) is 4.79 Å². The predicted octanol–water partition coefficient (Wildman–Crippen LogP) is 3.41. The molecule has 1 fully saturated rings. The Bertz CT molecular complexity index is 505. The van der Waals surface area contributed by atoms with Crippen LogP contribution < -0.4 is 5.32 Å². The third kappa shape index (κ3) is 4.11. The zero-order chi connectivity index (χ0) is 15.4. The van der Waals surface area contributed by atoms with E-state index in [1.807, 2.05) is 6.07 Å². The van der Waals surface area contributed by atoms with Crippen LogP contribution in [0, 0.1) is 0 Å². The fraction of sp³-hybridized carbons (Fsp3) is 0.562. The molecular weight excluding hydrogens is 288 g/mol. The standard InChI is InChI=1S/C16H23ClN2O2/c1-19(2)16(20)11-7-8-14(17)15(9-11)18-12-5-4-6-13(10-12)21-3/h7-9,12-13,18H,4-6,10H2,1-3H3. The molecule has 2 atom stereocenters.